The predicted octanol–water partition coefficient (Wildman–Crippen LogP) is 3.16. The van der Waals surface area contributed by atoms with Gasteiger partial charge in [-0.3, -0.25) is 0 Å². The summed E-state index contributed by atoms with van der Waals surface area (Å²) >= 11 is 0. The highest BCUT2D eigenvalue weighted by atomic mass is 19.2. The monoisotopic (exact) mass is 271 g/mol. The second-order valence-electron chi connectivity index (χ2n) is 4.84. The summed E-state index contributed by atoms with van der Waals surface area (Å²) < 4.78 is 32.0. The molecule has 0 radical (unpaired) electrons. The van der Waals surface area contributed by atoms with Crippen LogP contribution in [0.25, 0.3) is 0 Å². The van der Waals surface area contributed by atoms with Crippen LogP contribution in [0.3, 0.4) is 0 Å². The Morgan fingerprint density at radius 1 is 1.32 bits per heavy atom. The molecule has 2 atom stereocenters. The number of halogens is 2. The molecule has 0 bridgehead atoms. The van der Waals surface area contributed by atoms with Gasteiger partial charge in [-0.1, -0.05) is 26.0 Å². The fourth-order valence-electron chi connectivity index (χ4n) is 2.18. The van der Waals surface area contributed by atoms with Crippen molar-refractivity contribution < 1.29 is 13.5 Å². The highest BCUT2D eigenvalue weighted by Crippen LogP contribution is 2.18. The van der Waals surface area contributed by atoms with Crippen LogP contribution in [-0.2, 0) is 11.2 Å². The molecule has 1 aromatic rings. The van der Waals surface area contributed by atoms with Crippen LogP contribution in [0.4, 0.5) is 8.78 Å². The molecule has 108 valence electrons. The zero-order valence-electron chi connectivity index (χ0n) is 11.9. The largest absolute Gasteiger partial charge is 0.385 e. The number of hydrogen-bond donors (Lipinski definition) is 1. The highest BCUT2D eigenvalue weighted by molar-refractivity contribution is 5.20. The summed E-state index contributed by atoms with van der Waals surface area (Å²) in [4.78, 5) is 0. The van der Waals surface area contributed by atoms with Crippen molar-refractivity contribution in [2.45, 2.75) is 32.7 Å². The van der Waals surface area contributed by atoms with Gasteiger partial charge in [-0.25, -0.2) is 8.78 Å². The van der Waals surface area contributed by atoms with E-state index >= 15 is 0 Å². The summed E-state index contributed by atoms with van der Waals surface area (Å²) in [5.41, 5.74) is 0.426. The molecule has 1 N–H and O–H groups in total. The van der Waals surface area contributed by atoms with Gasteiger partial charge in [0.1, 0.15) is 0 Å². The van der Waals surface area contributed by atoms with E-state index in [1.165, 1.54) is 0 Å². The Morgan fingerprint density at radius 3 is 2.68 bits per heavy atom. The van der Waals surface area contributed by atoms with Crippen LogP contribution in [0.15, 0.2) is 18.2 Å². The third kappa shape index (κ3) is 4.88. The second-order valence-corrected chi connectivity index (χ2v) is 4.84. The lowest BCUT2D eigenvalue weighted by Crippen LogP contribution is -2.37. The Hall–Kier alpha value is -1.00. The van der Waals surface area contributed by atoms with E-state index in [1.807, 2.05) is 6.92 Å². The summed E-state index contributed by atoms with van der Waals surface area (Å²) in [7, 11) is 1.67. The lowest BCUT2D eigenvalue weighted by Gasteiger charge is -2.25. The van der Waals surface area contributed by atoms with E-state index < -0.39 is 11.6 Å². The van der Waals surface area contributed by atoms with Crippen molar-refractivity contribution >= 4 is 0 Å². The highest BCUT2D eigenvalue weighted by Gasteiger charge is 2.19. The van der Waals surface area contributed by atoms with E-state index in [2.05, 4.69) is 12.2 Å². The molecule has 0 amide bonds. The molecule has 0 saturated heterocycles. The maximum Gasteiger partial charge on any atom is 0.162 e. The molecule has 0 aromatic heterocycles. The molecule has 0 aliphatic carbocycles. The zero-order chi connectivity index (χ0) is 14.3. The van der Waals surface area contributed by atoms with Crippen molar-refractivity contribution in [2.24, 2.45) is 5.92 Å². The van der Waals surface area contributed by atoms with Crippen molar-refractivity contribution in [3.05, 3.63) is 35.4 Å². The standard InChI is InChI=1S/C15H23F2NO/c1-4-18-14(11(2)8-9-19-3)10-12-6-5-7-13(16)15(12)17/h5-7,11,14,18H,4,8-10H2,1-3H3. The topological polar surface area (TPSA) is 21.3 Å². The maximum atomic E-state index is 13.7. The molecule has 0 heterocycles. The molecule has 0 fully saturated rings. The van der Waals surface area contributed by atoms with Gasteiger partial charge in [-0.15, -0.1) is 0 Å². The Bertz CT molecular complexity index is 384. The van der Waals surface area contributed by atoms with Gasteiger partial charge in [0, 0.05) is 19.8 Å². The summed E-state index contributed by atoms with van der Waals surface area (Å²) in [6.45, 7) is 5.59. The Balaban J connectivity index is 2.74. The number of hydrogen-bond acceptors (Lipinski definition) is 2. The molecule has 2 nitrogen and oxygen atoms in total. The third-order valence-electron chi connectivity index (χ3n) is 3.40. The van der Waals surface area contributed by atoms with Crippen LogP contribution in [-0.4, -0.2) is 26.3 Å². The van der Waals surface area contributed by atoms with Gasteiger partial charge in [0.05, 0.1) is 0 Å². The summed E-state index contributed by atoms with van der Waals surface area (Å²) in [5, 5.41) is 3.34. The quantitative estimate of drug-likeness (QED) is 0.784. The SMILES string of the molecule is CCNC(Cc1cccc(F)c1F)C(C)CCOC. The molecule has 0 spiro atoms. The number of rotatable bonds is 8. The number of likely N-dealkylation sites (N-methyl/N-ethyl adjacent to an activating group) is 1. The number of benzene rings is 1. The van der Waals surface area contributed by atoms with Gasteiger partial charge < -0.3 is 10.1 Å². The Kier molecular flexibility index (Phi) is 6.95. The first-order chi connectivity index (χ1) is 9.10. The second kappa shape index (κ2) is 8.23. The van der Waals surface area contributed by atoms with Gasteiger partial charge in [0.25, 0.3) is 0 Å². The summed E-state index contributed by atoms with van der Waals surface area (Å²) in [6, 6.07) is 4.47. The third-order valence-corrected chi connectivity index (χ3v) is 3.40. The molecule has 0 aliphatic rings. The van der Waals surface area contributed by atoms with Crippen LogP contribution in [0.1, 0.15) is 25.8 Å². The molecule has 1 aromatic carbocycles. The van der Waals surface area contributed by atoms with Gasteiger partial charge >= 0.3 is 0 Å². The van der Waals surface area contributed by atoms with Crippen LogP contribution in [0, 0.1) is 17.6 Å². The molecule has 0 aliphatic heterocycles. The van der Waals surface area contributed by atoms with Gasteiger partial charge in [0.2, 0.25) is 0 Å². The fourth-order valence-corrected chi connectivity index (χ4v) is 2.18. The maximum absolute atomic E-state index is 13.7. The van der Waals surface area contributed by atoms with Crippen LogP contribution in [0.2, 0.25) is 0 Å². The van der Waals surface area contributed by atoms with Gasteiger partial charge in [-0.05, 0) is 36.9 Å². The Labute approximate surface area is 114 Å². The molecule has 0 saturated carbocycles. The van der Waals surface area contributed by atoms with Crippen molar-refractivity contribution in [2.75, 3.05) is 20.3 Å². The van der Waals surface area contributed by atoms with Crippen molar-refractivity contribution in [1.29, 1.82) is 0 Å². The minimum atomic E-state index is -0.780. The predicted molar refractivity (Wildman–Crippen MR) is 73.2 cm³/mol. The first-order valence-electron chi connectivity index (χ1n) is 6.75. The summed E-state index contributed by atoms with van der Waals surface area (Å²) in [6.07, 6.45) is 1.38. The molecular weight excluding hydrogens is 248 g/mol. The first kappa shape index (κ1) is 16.1. The first-order valence-corrected chi connectivity index (χ1v) is 6.75. The summed E-state index contributed by atoms with van der Waals surface area (Å²) in [5.74, 6) is -1.18. The molecule has 19 heavy (non-hydrogen) atoms. The minimum absolute atomic E-state index is 0.122. The van der Waals surface area contributed by atoms with E-state index in [1.54, 1.807) is 19.2 Å². The van der Waals surface area contributed by atoms with E-state index in [-0.39, 0.29) is 6.04 Å². The van der Waals surface area contributed by atoms with Crippen LogP contribution in [0.5, 0.6) is 0 Å². The molecular formula is C15H23F2NO. The molecule has 2 unspecified atom stereocenters. The normalized spacial score (nSPS) is 14.4. The minimum Gasteiger partial charge on any atom is -0.385 e. The fraction of sp³-hybridized carbons (Fsp3) is 0.600. The molecule has 1 rings (SSSR count). The average molecular weight is 271 g/mol. The van der Waals surface area contributed by atoms with E-state index in [9.17, 15) is 8.78 Å². The van der Waals surface area contributed by atoms with E-state index in [0.29, 0.717) is 24.5 Å². The number of ether oxygens (including phenoxy) is 1. The zero-order valence-corrected chi connectivity index (χ0v) is 11.9. The van der Waals surface area contributed by atoms with Gasteiger partial charge in [-0.2, -0.15) is 0 Å². The smallest absolute Gasteiger partial charge is 0.162 e. The lowest BCUT2D eigenvalue weighted by molar-refractivity contribution is 0.170. The van der Waals surface area contributed by atoms with E-state index in [4.69, 9.17) is 4.74 Å². The van der Waals surface area contributed by atoms with Crippen LogP contribution < -0.4 is 5.32 Å². The number of nitrogens with one attached hydrogen (secondary N) is 1. The Morgan fingerprint density at radius 2 is 2.05 bits per heavy atom. The van der Waals surface area contributed by atoms with E-state index in [0.717, 1.165) is 19.0 Å². The molecule has 4 heteroatoms. The lowest BCUT2D eigenvalue weighted by atomic mass is 9.92. The van der Waals surface area contributed by atoms with Gasteiger partial charge in [0.15, 0.2) is 11.6 Å². The van der Waals surface area contributed by atoms with Crippen molar-refractivity contribution in [3.63, 3.8) is 0 Å². The van der Waals surface area contributed by atoms with Crippen LogP contribution >= 0.6 is 0 Å². The van der Waals surface area contributed by atoms with Crippen molar-refractivity contribution in [1.82, 2.24) is 5.32 Å². The van der Waals surface area contributed by atoms with Crippen molar-refractivity contribution in [3.8, 4) is 0 Å². The number of methoxy groups -OCH3 is 1. The average Bonchev–Trinajstić information content (AvgIpc) is 2.40.